The Balaban J connectivity index is 1.74. The van der Waals surface area contributed by atoms with E-state index in [2.05, 4.69) is 5.32 Å². The van der Waals surface area contributed by atoms with Crippen LogP contribution in [-0.2, 0) is 4.79 Å². The van der Waals surface area contributed by atoms with E-state index in [-0.39, 0.29) is 18.2 Å². The van der Waals surface area contributed by atoms with Crippen molar-refractivity contribution < 1.29 is 23.9 Å². The minimum Gasteiger partial charge on any atom is -0.481 e. The van der Waals surface area contributed by atoms with Crippen molar-refractivity contribution in [1.82, 2.24) is 4.90 Å². The lowest BCUT2D eigenvalue weighted by atomic mass is 9.82. The molecule has 136 valence electrons. The molecule has 1 aromatic heterocycles. The molecule has 0 spiro atoms. The fourth-order valence-corrected chi connectivity index (χ4v) is 3.10. The van der Waals surface area contributed by atoms with Gasteiger partial charge in [-0.1, -0.05) is 6.07 Å². The molecule has 2 heterocycles. The zero-order chi connectivity index (χ0) is 18.7. The average Bonchev–Trinajstić information content (AvgIpc) is 3.16. The number of likely N-dealkylation sites (tertiary alicyclic amines) is 1. The van der Waals surface area contributed by atoms with Crippen molar-refractivity contribution in [1.29, 1.82) is 0 Å². The molecule has 1 fully saturated rings. The molecule has 0 bridgehead atoms. The van der Waals surface area contributed by atoms with Crippen LogP contribution in [0.15, 0.2) is 47.1 Å². The number of anilines is 1. The number of nitrogens with zero attached hydrogens (tertiary/aromatic N) is 1. The number of hydrogen-bond acceptors (Lipinski definition) is 4. The molecule has 0 saturated carbocycles. The van der Waals surface area contributed by atoms with Gasteiger partial charge in [0.1, 0.15) is 0 Å². The van der Waals surface area contributed by atoms with Crippen LogP contribution in [0, 0.1) is 5.41 Å². The van der Waals surface area contributed by atoms with Crippen LogP contribution in [0.4, 0.5) is 5.69 Å². The predicted molar refractivity (Wildman–Crippen MR) is 94.0 cm³/mol. The van der Waals surface area contributed by atoms with E-state index < -0.39 is 17.3 Å². The van der Waals surface area contributed by atoms with Crippen molar-refractivity contribution in [2.45, 2.75) is 19.8 Å². The first-order valence-corrected chi connectivity index (χ1v) is 8.37. The number of rotatable bonds is 4. The molecule has 0 aliphatic carbocycles. The number of carboxylic acids is 1. The van der Waals surface area contributed by atoms with E-state index in [0.29, 0.717) is 30.6 Å². The van der Waals surface area contributed by atoms with Gasteiger partial charge in [0.05, 0.1) is 11.7 Å². The number of furan rings is 1. The second-order valence-electron chi connectivity index (χ2n) is 6.71. The maximum absolute atomic E-state index is 12.8. The summed E-state index contributed by atoms with van der Waals surface area (Å²) in [5.41, 5.74) is -0.0638. The van der Waals surface area contributed by atoms with Crippen LogP contribution in [0.2, 0.25) is 0 Å². The van der Waals surface area contributed by atoms with Gasteiger partial charge >= 0.3 is 5.97 Å². The molecule has 1 aliphatic heterocycles. The van der Waals surface area contributed by atoms with Crippen LogP contribution in [0.25, 0.3) is 0 Å². The Labute approximate surface area is 150 Å². The Morgan fingerprint density at radius 1 is 1.23 bits per heavy atom. The van der Waals surface area contributed by atoms with Crippen molar-refractivity contribution in [3.8, 4) is 0 Å². The van der Waals surface area contributed by atoms with E-state index in [1.807, 2.05) is 0 Å². The van der Waals surface area contributed by atoms with E-state index in [0.717, 1.165) is 0 Å². The molecule has 2 N–H and O–H groups in total. The molecule has 1 unspecified atom stereocenters. The highest BCUT2D eigenvalue weighted by molar-refractivity contribution is 6.03. The summed E-state index contributed by atoms with van der Waals surface area (Å²) >= 11 is 0. The van der Waals surface area contributed by atoms with Gasteiger partial charge < -0.3 is 19.7 Å². The van der Waals surface area contributed by atoms with Gasteiger partial charge in [-0.25, -0.2) is 0 Å². The summed E-state index contributed by atoms with van der Waals surface area (Å²) in [4.78, 5) is 37.9. The lowest BCUT2D eigenvalue weighted by Crippen LogP contribution is -2.48. The molecule has 1 atom stereocenters. The molecule has 7 nitrogen and oxygen atoms in total. The maximum atomic E-state index is 12.8. The van der Waals surface area contributed by atoms with E-state index in [4.69, 9.17) is 4.42 Å². The third-order valence-electron chi connectivity index (χ3n) is 4.61. The van der Waals surface area contributed by atoms with Gasteiger partial charge in [-0.05, 0) is 50.1 Å². The monoisotopic (exact) mass is 356 g/mol. The minimum atomic E-state index is -0.932. The van der Waals surface area contributed by atoms with Crippen LogP contribution in [0.1, 0.15) is 40.7 Å². The third-order valence-corrected chi connectivity index (χ3v) is 4.61. The highest BCUT2D eigenvalue weighted by Crippen LogP contribution is 2.30. The van der Waals surface area contributed by atoms with Gasteiger partial charge in [0, 0.05) is 24.3 Å². The van der Waals surface area contributed by atoms with Crippen molar-refractivity contribution in [3.05, 3.63) is 54.0 Å². The summed E-state index contributed by atoms with van der Waals surface area (Å²) in [6, 6.07) is 9.74. The van der Waals surface area contributed by atoms with E-state index >= 15 is 0 Å². The van der Waals surface area contributed by atoms with Crippen molar-refractivity contribution >= 4 is 23.5 Å². The Kier molecular flexibility index (Phi) is 4.79. The predicted octanol–water partition coefficient (Wildman–Crippen LogP) is 2.86. The first-order valence-electron chi connectivity index (χ1n) is 8.37. The fourth-order valence-electron chi connectivity index (χ4n) is 3.10. The largest absolute Gasteiger partial charge is 0.481 e. The van der Waals surface area contributed by atoms with Crippen LogP contribution < -0.4 is 5.32 Å². The number of carbonyl (C=O) groups excluding carboxylic acids is 2. The molecule has 1 aliphatic rings. The third kappa shape index (κ3) is 3.61. The Bertz CT molecular complexity index is 830. The summed E-state index contributed by atoms with van der Waals surface area (Å²) in [5.74, 6) is -1.37. The summed E-state index contributed by atoms with van der Waals surface area (Å²) in [6.45, 7) is 2.35. The number of hydrogen-bond donors (Lipinski definition) is 2. The van der Waals surface area contributed by atoms with E-state index in [1.54, 1.807) is 48.2 Å². The van der Waals surface area contributed by atoms with Gasteiger partial charge in [-0.3, -0.25) is 14.4 Å². The van der Waals surface area contributed by atoms with E-state index in [9.17, 15) is 19.5 Å². The number of amides is 2. The molecule has 26 heavy (non-hydrogen) atoms. The van der Waals surface area contributed by atoms with Gasteiger partial charge in [0.25, 0.3) is 11.8 Å². The minimum absolute atomic E-state index is 0.171. The second-order valence-corrected chi connectivity index (χ2v) is 6.71. The Morgan fingerprint density at radius 3 is 2.73 bits per heavy atom. The number of nitrogens with one attached hydrogen (secondary N) is 1. The Morgan fingerprint density at radius 2 is 2.04 bits per heavy atom. The summed E-state index contributed by atoms with van der Waals surface area (Å²) < 4.78 is 5.04. The maximum Gasteiger partial charge on any atom is 0.311 e. The van der Waals surface area contributed by atoms with Crippen molar-refractivity contribution in [2.24, 2.45) is 5.41 Å². The molecule has 1 saturated heterocycles. The topological polar surface area (TPSA) is 99.9 Å². The number of piperidine rings is 1. The molecule has 1 aromatic carbocycles. The fraction of sp³-hybridized carbons (Fsp3) is 0.316. The number of benzene rings is 1. The molecular formula is C19H20N2O5. The van der Waals surface area contributed by atoms with E-state index in [1.165, 1.54) is 6.26 Å². The molecule has 2 amide bonds. The lowest BCUT2D eigenvalue weighted by Gasteiger charge is -2.37. The lowest BCUT2D eigenvalue weighted by molar-refractivity contribution is -0.150. The van der Waals surface area contributed by atoms with Crippen LogP contribution in [0.5, 0.6) is 0 Å². The van der Waals surface area contributed by atoms with Gasteiger partial charge in [0.2, 0.25) is 0 Å². The normalized spacial score (nSPS) is 19.8. The van der Waals surface area contributed by atoms with Crippen LogP contribution in [0.3, 0.4) is 0 Å². The zero-order valence-corrected chi connectivity index (χ0v) is 14.4. The van der Waals surface area contributed by atoms with Crippen molar-refractivity contribution in [3.63, 3.8) is 0 Å². The molecule has 3 rings (SSSR count). The summed E-state index contributed by atoms with van der Waals surface area (Å²) in [5, 5.41) is 12.1. The molecule has 0 radical (unpaired) electrons. The Hall–Kier alpha value is -3.09. The van der Waals surface area contributed by atoms with Gasteiger partial charge in [0.15, 0.2) is 5.76 Å². The first kappa shape index (κ1) is 17.7. The van der Waals surface area contributed by atoms with Crippen LogP contribution >= 0.6 is 0 Å². The smallest absolute Gasteiger partial charge is 0.311 e. The highest BCUT2D eigenvalue weighted by Gasteiger charge is 2.39. The summed E-state index contributed by atoms with van der Waals surface area (Å²) in [7, 11) is 0. The zero-order valence-electron chi connectivity index (χ0n) is 14.4. The molecule has 7 heteroatoms. The van der Waals surface area contributed by atoms with Crippen LogP contribution in [-0.4, -0.2) is 40.9 Å². The SMILES string of the molecule is CC1(C(=O)O)CCCN(C(=O)c2cccc(NC(=O)c3ccco3)c2)C1. The number of aliphatic carboxylic acids is 1. The quantitative estimate of drug-likeness (QED) is 0.877. The van der Waals surface area contributed by atoms with Crippen molar-refractivity contribution in [2.75, 3.05) is 18.4 Å². The van der Waals surface area contributed by atoms with Gasteiger partial charge in [-0.15, -0.1) is 0 Å². The summed E-state index contributed by atoms with van der Waals surface area (Å²) in [6.07, 6.45) is 2.60. The molecular weight excluding hydrogens is 336 g/mol. The molecule has 2 aromatic rings. The second kappa shape index (κ2) is 7.03. The standard InChI is InChI=1S/C19H20N2O5/c1-19(18(24)25)8-4-9-21(12-19)17(23)13-5-2-6-14(11-13)20-16(22)15-7-3-10-26-15/h2-3,5-7,10-11H,4,8-9,12H2,1H3,(H,20,22)(H,24,25). The number of carbonyl (C=O) groups is 3. The first-order chi connectivity index (χ1) is 12.4. The van der Waals surface area contributed by atoms with Gasteiger partial charge in [-0.2, -0.15) is 0 Å². The number of carboxylic acid groups (broad SMARTS) is 1. The highest BCUT2D eigenvalue weighted by atomic mass is 16.4. The average molecular weight is 356 g/mol.